The minimum absolute atomic E-state index is 0.0505. The maximum Gasteiger partial charge on any atom is 0.303 e. The van der Waals surface area contributed by atoms with E-state index >= 15 is 0 Å². The third kappa shape index (κ3) is 3.05. The Kier molecular flexibility index (Phi) is 3.74. The van der Waals surface area contributed by atoms with Crippen molar-refractivity contribution in [1.82, 2.24) is 0 Å². The zero-order valence-corrected chi connectivity index (χ0v) is 10.9. The summed E-state index contributed by atoms with van der Waals surface area (Å²) in [5, 5.41) is 8.79. The van der Waals surface area contributed by atoms with Crippen molar-refractivity contribution in [2.45, 2.75) is 26.2 Å². The number of fused-ring (bicyclic) bond motifs is 1. The van der Waals surface area contributed by atoms with E-state index in [1.807, 2.05) is 19.1 Å². The van der Waals surface area contributed by atoms with E-state index in [-0.39, 0.29) is 18.2 Å². The summed E-state index contributed by atoms with van der Waals surface area (Å²) in [6, 6.07) is 5.50. The number of carboxylic acids is 1. The van der Waals surface area contributed by atoms with Crippen LogP contribution in [0.15, 0.2) is 18.2 Å². The number of carbonyl (C=O) groups excluding carboxylic acids is 1. The molecule has 0 spiro atoms. The highest BCUT2D eigenvalue weighted by atomic mass is 16.4. The molecule has 5 nitrogen and oxygen atoms in total. The Morgan fingerprint density at radius 2 is 2.21 bits per heavy atom. The third-order valence-electron chi connectivity index (χ3n) is 3.32. The molecule has 1 aromatic rings. The molecule has 1 heterocycles. The quantitative estimate of drug-likeness (QED) is 0.808. The molecule has 5 heteroatoms. The summed E-state index contributed by atoms with van der Waals surface area (Å²) < 4.78 is 0. The minimum atomic E-state index is -0.838. The summed E-state index contributed by atoms with van der Waals surface area (Å²) >= 11 is 0. The summed E-state index contributed by atoms with van der Waals surface area (Å²) in [5.41, 5.74) is 8.36. The van der Waals surface area contributed by atoms with Crippen molar-refractivity contribution in [2.24, 2.45) is 5.92 Å². The predicted octanol–water partition coefficient (Wildman–Crippen LogP) is 1.66. The van der Waals surface area contributed by atoms with Gasteiger partial charge in [-0.3, -0.25) is 9.59 Å². The van der Waals surface area contributed by atoms with Crippen LogP contribution in [0, 0.1) is 5.92 Å². The molecule has 1 aromatic carbocycles. The van der Waals surface area contributed by atoms with Crippen molar-refractivity contribution >= 4 is 23.3 Å². The molecule has 1 atom stereocenters. The number of nitrogens with two attached hydrogens (primary N) is 1. The monoisotopic (exact) mass is 262 g/mol. The van der Waals surface area contributed by atoms with E-state index in [9.17, 15) is 9.59 Å². The first-order valence-electron chi connectivity index (χ1n) is 6.38. The number of carbonyl (C=O) groups is 2. The zero-order valence-electron chi connectivity index (χ0n) is 10.9. The summed E-state index contributed by atoms with van der Waals surface area (Å²) in [5.74, 6) is -0.867. The van der Waals surface area contributed by atoms with Crippen LogP contribution in [-0.4, -0.2) is 23.5 Å². The van der Waals surface area contributed by atoms with Crippen molar-refractivity contribution in [3.8, 4) is 0 Å². The van der Waals surface area contributed by atoms with Crippen LogP contribution < -0.4 is 10.6 Å². The molecule has 3 N–H and O–H groups in total. The third-order valence-corrected chi connectivity index (χ3v) is 3.32. The fourth-order valence-corrected chi connectivity index (χ4v) is 2.45. The second-order valence-electron chi connectivity index (χ2n) is 5.10. The van der Waals surface area contributed by atoms with Gasteiger partial charge in [-0.15, -0.1) is 0 Å². The molecule has 1 amide bonds. The van der Waals surface area contributed by atoms with Gasteiger partial charge >= 0.3 is 5.97 Å². The van der Waals surface area contributed by atoms with E-state index in [0.29, 0.717) is 25.1 Å². The predicted molar refractivity (Wildman–Crippen MR) is 72.9 cm³/mol. The van der Waals surface area contributed by atoms with E-state index in [1.165, 1.54) is 0 Å². The zero-order chi connectivity index (χ0) is 14.0. The Bertz CT molecular complexity index is 513. The summed E-state index contributed by atoms with van der Waals surface area (Å²) in [4.78, 5) is 24.4. The molecule has 2 rings (SSSR count). The standard InChI is InChI=1S/C14H18N2O3/c1-9(6-14(18)19)8-16-12-4-3-11(15)7-10(12)2-5-13(16)17/h3-4,7,9H,2,5-6,8,15H2,1H3,(H,18,19). The number of carboxylic acid groups (broad SMARTS) is 1. The van der Waals surface area contributed by atoms with Crippen molar-refractivity contribution < 1.29 is 14.7 Å². The molecular weight excluding hydrogens is 244 g/mol. The number of amides is 1. The van der Waals surface area contributed by atoms with E-state index in [2.05, 4.69) is 0 Å². The van der Waals surface area contributed by atoms with E-state index in [4.69, 9.17) is 10.8 Å². The Morgan fingerprint density at radius 1 is 1.47 bits per heavy atom. The summed E-state index contributed by atoms with van der Waals surface area (Å²) in [6.45, 7) is 2.27. The van der Waals surface area contributed by atoms with Crippen LogP contribution in [0.3, 0.4) is 0 Å². The second-order valence-corrected chi connectivity index (χ2v) is 5.10. The van der Waals surface area contributed by atoms with Gasteiger partial charge in [0.15, 0.2) is 0 Å². The number of anilines is 2. The lowest BCUT2D eigenvalue weighted by molar-refractivity contribution is -0.138. The Hall–Kier alpha value is -2.04. The lowest BCUT2D eigenvalue weighted by Gasteiger charge is -2.31. The Labute approximate surface area is 112 Å². The number of hydrogen-bond acceptors (Lipinski definition) is 3. The van der Waals surface area contributed by atoms with Crippen molar-refractivity contribution in [1.29, 1.82) is 0 Å². The van der Waals surface area contributed by atoms with Gasteiger partial charge in [0.05, 0.1) is 0 Å². The van der Waals surface area contributed by atoms with Gasteiger partial charge in [-0.05, 0) is 36.1 Å². The highest BCUT2D eigenvalue weighted by molar-refractivity contribution is 5.96. The number of rotatable bonds is 4. The van der Waals surface area contributed by atoms with Crippen LogP contribution in [0.4, 0.5) is 11.4 Å². The molecule has 0 radical (unpaired) electrons. The van der Waals surface area contributed by atoms with Crippen LogP contribution >= 0.6 is 0 Å². The van der Waals surface area contributed by atoms with Gasteiger partial charge in [0.1, 0.15) is 0 Å². The number of aliphatic carboxylic acids is 1. The number of benzene rings is 1. The topological polar surface area (TPSA) is 83.6 Å². The number of hydrogen-bond donors (Lipinski definition) is 2. The van der Waals surface area contributed by atoms with Gasteiger partial charge in [-0.25, -0.2) is 0 Å². The van der Waals surface area contributed by atoms with Crippen LogP contribution in [0.1, 0.15) is 25.3 Å². The highest BCUT2D eigenvalue weighted by Gasteiger charge is 2.25. The lowest BCUT2D eigenvalue weighted by Crippen LogP contribution is -2.38. The normalized spacial score (nSPS) is 16.1. The first kappa shape index (κ1) is 13.4. The highest BCUT2D eigenvalue weighted by Crippen LogP contribution is 2.30. The molecule has 1 unspecified atom stereocenters. The number of nitrogen functional groups attached to an aromatic ring is 1. The number of nitrogens with zero attached hydrogens (tertiary/aromatic N) is 1. The molecule has 0 aliphatic carbocycles. The Morgan fingerprint density at radius 3 is 2.89 bits per heavy atom. The van der Waals surface area contributed by atoms with Gasteiger partial charge in [0, 0.05) is 30.8 Å². The van der Waals surface area contributed by atoms with Crippen LogP contribution in [0.5, 0.6) is 0 Å². The van der Waals surface area contributed by atoms with Gasteiger partial charge in [0.2, 0.25) is 5.91 Å². The fourth-order valence-electron chi connectivity index (χ4n) is 2.45. The average molecular weight is 262 g/mol. The smallest absolute Gasteiger partial charge is 0.303 e. The summed E-state index contributed by atoms with van der Waals surface area (Å²) in [7, 11) is 0. The molecule has 0 aromatic heterocycles. The van der Waals surface area contributed by atoms with Crippen LogP contribution in [0.2, 0.25) is 0 Å². The first-order chi connectivity index (χ1) is 8.97. The molecule has 1 aliphatic rings. The van der Waals surface area contributed by atoms with Crippen LogP contribution in [-0.2, 0) is 16.0 Å². The van der Waals surface area contributed by atoms with Gasteiger partial charge < -0.3 is 15.7 Å². The molecule has 19 heavy (non-hydrogen) atoms. The molecule has 0 saturated heterocycles. The van der Waals surface area contributed by atoms with Crippen molar-refractivity contribution in [2.75, 3.05) is 17.2 Å². The largest absolute Gasteiger partial charge is 0.481 e. The lowest BCUT2D eigenvalue weighted by atomic mass is 9.98. The van der Waals surface area contributed by atoms with E-state index < -0.39 is 5.97 Å². The second kappa shape index (κ2) is 5.30. The fraction of sp³-hybridized carbons (Fsp3) is 0.429. The molecule has 0 bridgehead atoms. The van der Waals surface area contributed by atoms with E-state index in [0.717, 1.165) is 11.3 Å². The van der Waals surface area contributed by atoms with Crippen molar-refractivity contribution in [3.63, 3.8) is 0 Å². The molecule has 1 aliphatic heterocycles. The van der Waals surface area contributed by atoms with Gasteiger partial charge in [0.25, 0.3) is 0 Å². The SMILES string of the molecule is CC(CC(=O)O)CN1C(=O)CCc2cc(N)ccc21. The van der Waals surface area contributed by atoms with Gasteiger partial charge in [-0.1, -0.05) is 6.92 Å². The minimum Gasteiger partial charge on any atom is -0.481 e. The van der Waals surface area contributed by atoms with Crippen LogP contribution in [0.25, 0.3) is 0 Å². The Balaban J connectivity index is 2.20. The molecule has 0 saturated carbocycles. The average Bonchev–Trinajstić information content (AvgIpc) is 2.32. The molecule has 0 fully saturated rings. The number of aryl methyl sites for hydroxylation is 1. The summed E-state index contributed by atoms with van der Waals surface area (Å²) in [6.07, 6.45) is 1.22. The van der Waals surface area contributed by atoms with Gasteiger partial charge in [-0.2, -0.15) is 0 Å². The maximum atomic E-state index is 12.0. The van der Waals surface area contributed by atoms with Crippen molar-refractivity contribution in [3.05, 3.63) is 23.8 Å². The maximum absolute atomic E-state index is 12.0. The first-order valence-corrected chi connectivity index (χ1v) is 6.38. The molecular formula is C14H18N2O3. The van der Waals surface area contributed by atoms with E-state index in [1.54, 1.807) is 11.0 Å². The molecule has 102 valence electrons.